The van der Waals surface area contributed by atoms with E-state index >= 15 is 0 Å². The third-order valence-corrected chi connectivity index (χ3v) is 3.82. The highest BCUT2D eigenvalue weighted by molar-refractivity contribution is 5.93. The van der Waals surface area contributed by atoms with E-state index in [4.69, 9.17) is 10.5 Å². The maximum Gasteiger partial charge on any atom is 0.125 e. The van der Waals surface area contributed by atoms with Crippen LogP contribution in [0.2, 0.25) is 0 Å². The minimum absolute atomic E-state index is 0.00304. The third kappa shape index (κ3) is 5.22. The van der Waals surface area contributed by atoms with Gasteiger partial charge < -0.3 is 10.5 Å². The van der Waals surface area contributed by atoms with E-state index in [1.807, 2.05) is 26.8 Å². The van der Waals surface area contributed by atoms with Gasteiger partial charge in [0, 0.05) is 17.4 Å². The summed E-state index contributed by atoms with van der Waals surface area (Å²) in [5.74, 6) is 1.31. The van der Waals surface area contributed by atoms with Gasteiger partial charge in [-0.25, -0.2) is 9.97 Å². The predicted molar refractivity (Wildman–Crippen MR) is 94.3 cm³/mol. The van der Waals surface area contributed by atoms with Crippen LogP contribution in [0.5, 0.6) is 0 Å². The molecule has 2 N–H and O–H groups in total. The highest BCUT2D eigenvalue weighted by Crippen LogP contribution is 2.23. The highest BCUT2D eigenvalue weighted by Gasteiger charge is 2.25. The average Bonchev–Trinajstić information content (AvgIpc) is 2.44. The molecular weight excluding hydrogens is 288 g/mol. The quantitative estimate of drug-likeness (QED) is 0.875. The standard InChI is InChI=1S/C18H28N4O/c1-12(2)10-18(5,19)11-23-17-7-6-15(21-13(17)3)16-8-9-20-14(4)22-16/h6,8-9,12,17H,7,10-11,19H2,1-5H3/t17?,18-/m1/s1. The molecule has 2 atom stereocenters. The Balaban J connectivity index is 1.98. The Bertz CT molecular complexity index is 605. The van der Waals surface area contributed by atoms with Crippen LogP contribution in [0.15, 0.2) is 23.3 Å². The molecule has 0 saturated heterocycles. The van der Waals surface area contributed by atoms with Crippen molar-refractivity contribution in [2.24, 2.45) is 16.6 Å². The highest BCUT2D eigenvalue weighted by atomic mass is 16.5. The SMILES string of the molecule is CC1=NC(c2ccnc(C)n2)=CCC1OC[C@](C)(N)CC(C)C. The van der Waals surface area contributed by atoms with Crippen molar-refractivity contribution < 1.29 is 4.74 Å². The van der Waals surface area contributed by atoms with Crippen molar-refractivity contribution in [2.75, 3.05) is 6.61 Å². The third-order valence-electron chi connectivity index (χ3n) is 3.82. The monoisotopic (exact) mass is 316 g/mol. The van der Waals surface area contributed by atoms with Crippen molar-refractivity contribution in [3.8, 4) is 0 Å². The molecule has 2 heterocycles. The van der Waals surface area contributed by atoms with Crippen LogP contribution in [0.4, 0.5) is 0 Å². The van der Waals surface area contributed by atoms with Crippen molar-refractivity contribution >= 4 is 11.4 Å². The summed E-state index contributed by atoms with van der Waals surface area (Å²) in [6.45, 7) is 10.8. The molecule has 126 valence electrons. The number of hydrogen-bond acceptors (Lipinski definition) is 5. The van der Waals surface area contributed by atoms with E-state index in [1.165, 1.54) is 0 Å². The van der Waals surface area contributed by atoms with E-state index in [0.717, 1.165) is 35.8 Å². The Morgan fingerprint density at radius 2 is 2.13 bits per heavy atom. The van der Waals surface area contributed by atoms with Gasteiger partial charge in [-0.2, -0.15) is 0 Å². The molecule has 0 saturated carbocycles. The van der Waals surface area contributed by atoms with Crippen molar-refractivity contribution in [1.29, 1.82) is 0 Å². The maximum atomic E-state index is 6.32. The van der Waals surface area contributed by atoms with Gasteiger partial charge in [-0.3, -0.25) is 4.99 Å². The summed E-state index contributed by atoms with van der Waals surface area (Å²) in [5, 5.41) is 0. The molecule has 1 unspecified atom stereocenters. The first-order chi connectivity index (χ1) is 10.8. The largest absolute Gasteiger partial charge is 0.370 e. The topological polar surface area (TPSA) is 73.4 Å². The molecule has 0 aliphatic carbocycles. The molecular formula is C18H28N4O. The Morgan fingerprint density at radius 1 is 1.39 bits per heavy atom. The van der Waals surface area contributed by atoms with Gasteiger partial charge >= 0.3 is 0 Å². The first kappa shape index (κ1) is 17.8. The first-order valence-corrected chi connectivity index (χ1v) is 8.23. The number of aryl methyl sites for hydroxylation is 1. The summed E-state index contributed by atoms with van der Waals surface area (Å²) < 4.78 is 6.04. The first-order valence-electron chi connectivity index (χ1n) is 8.23. The van der Waals surface area contributed by atoms with E-state index < -0.39 is 0 Å². The number of aliphatic imine (C=N–C) groups is 1. The van der Waals surface area contributed by atoms with Crippen molar-refractivity contribution in [3.05, 3.63) is 29.9 Å². The molecule has 1 aromatic rings. The zero-order valence-corrected chi connectivity index (χ0v) is 14.8. The summed E-state index contributed by atoms with van der Waals surface area (Å²) in [5.41, 5.74) is 8.74. The smallest absolute Gasteiger partial charge is 0.125 e. The molecule has 2 rings (SSSR count). The fourth-order valence-corrected chi connectivity index (χ4v) is 2.93. The van der Waals surface area contributed by atoms with Gasteiger partial charge in [0.15, 0.2) is 0 Å². The number of ether oxygens (including phenoxy) is 1. The minimum atomic E-state index is -0.303. The Labute approximate surface area is 139 Å². The molecule has 5 heteroatoms. The lowest BCUT2D eigenvalue weighted by molar-refractivity contribution is 0.0550. The summed E-state index contributed by atoms with van der Waals surface area (Å²) in [4.78, 5) is 13.2. The lowest BCUT2D eigenvalue weighted by atomic mass is 9.92. The molecule has 1 aromatic heterocycles. The molecule has 0 amide bonds. The van der Waals surface area contributed by atoms with Crippen molar-refractivity contribution in [1.82, 2.24) is 9.97 Å². The molecule has 0 bridgehead atoms. The Hall–Kier alpha value is -1.59. The number of hydrogen-bond donors (Lipinski definition) is 1. The second kappa shape index (κ2) is 7.32. The van der Waals surface area contributed by atoms with Crippen LogP contribution in [0.3, 0.4) is 0 Å². The van der Waals surface area contributed by atoms with Crippen LogP contribution >= 0.6 is 0 Å². The van der Waals surface area contributed by atoms with Gasteiger partial charge in [0.2, 0.25) is 0 Å². The van der Waals surface area contributed by atoms with E-state index in [1.54, 1.807) is 6.20 Å². The number of rotatable bonds is 6. The van der Waals surface area contributed by atoms with E-state index in [9.17, 15) is 0 Å². The molecule has 0 fully saturated rings. The Kier molecular flexibility index (Phi) is 5.65. The zero-order chi connectivity index (χ0) is 17.0. The molecule has 1 aliphatic heterocycles. The molecule has 0 radical (unpaired) electrons. The second-order valence-corrected chi connectivity index (χ2v) is 7.12. The van der Waals surface area contributed by atoms with Crippen molar-refractivity contribution in [3.63, 3.8) is 0 Å². The molecule has 5 nitrogen and oxygen atoms in total. The van der Waals surface area contributed by atoms with Crippen LogP contribution in [-0.4, -0.2) is 33.9 Å². The minimum Gasteiger partial charge on any atom is -0.370 e. The van der Waals surface area contributed by atoms with Crippen LogP contribution in [0, 0.1) is 12.8 Å². The Morgan fingerprint density at radius 3 is 2.74 bits per heavy atom. The van der Waals surface area contributed by atoms with Gasteiger partial charge in [0.05, 0.1) is 24.1 Å². The van der Waals surface area contributed by atoms with Crippen LogP contribution in [-0.2, 0) is 4.74 Å². The number of aromatic nitrogens is 2. The second-order valence-electron chi connectivity index (χ2n) is 7.12. The van der Waals surface area contributed by atoms with Gasteiger partial charge in [0.1, 0.15) is 5.82 Å². The maximum absolute atomic E-state index is 6.32. The molecule has 0 spiro atoms. The lowest BCUT2D eigenvalue weighted by Crippen LogP contribution is -2.44. The van der Waals surface area contributed by atoms with Crippen molar-refractivity contribution in [2.45, 2.75) is 59.1 Å². The van der Waals surface area contributed by atoms with Gasteiger partial charge in [-0.15, -0.1) is 0 Å². The predicted octanol–water partition coefficient (Wildman–Crippen LogP) is 3.14. The van der Waals surface area contributed by atoms with Crippen LogP contribution < -0.4 is 5.73 Å². The van der Waals surface area contributed by atoms with E-state index in [0.29, 0.717) is 12.5 Å². The average molecular weight is 316 g/mol. The number of nitrogens with zero attached hydrogens (tertiary/aromatic N) is 3. The van der Waals surface area contributed by atoms with Crippen LogP contribution in [0.25, 0.3) is 5.70 Å². The molecule has 23 heavy (non-hydrogen) atoms. The fraction of sp³-hybridized carbons (Fsp3) is 0.611. The van der Waals surface area contributed by atoms with E-state index in [-0.39, 0.29) is 11.6 Å². The summed E-state index contributed by atoms with van der Waals surface area (Å²) >= 11 is 0. The lowest BCUT2D eigenvalue weighted by Gasteiger charge is -2.29. The van der Waals surface area contributed by atoms with Crippen LogP contribution in [0.1, 0.15) is 52.1 Å². The number of nitrogens with two attached hydrogens (primary N) is 1. The summed E-state index contributed by atoms with van der Waals surface area (Å²) in [6, 6.07) is 1.89. The van der Waals surface area contributed by atoms with Gasteiger partial charge in [-0.05, 0) is 45.6 Å². The fourth-order valence-electron chi connectivity index (χ4n) is 2.93. The summed E-state index contributed by atoms with van der Waals surface area (Å²) in [6.07, 6.45) is 5.58. The normalized spacial score (nSPS) is 20.9. The van der Waals surface area contributed by atoms with E-state index in [2.05, 4.69) is 34.9 Å². The van der Waals surface area contributed by atoms with Gasteiger partial charge in [0.25, 0.3) is 0 Å². The summed E-state index contributed by atoms with van der Waals surface area (Å²) in [7, 11) is 0. The van der Waals surface area contributed by atoms with Gasteiger partial charge in [-0.1, -0.05) is 19.9 Å². The molecule has 1 aliphatic rings. The zero-order valence-electron chi connectivity index (χ0n) is 14.8. The molecule has 0 aromatic carbocycles.